The van der Waals surface area contributed by atoms with Gasteiger partial charge < -0.3 is 10.3 Å². The standard InChI is InChI=1S/C13H21N5O2/c1-4-9(3)18-11-10(16(7-6-14)8-15-11)12(19)17(5-2)13(18)20/h8-9H,4-7,14H2,1-3H3. The molecule has 110 valence electrons. The number of hydrogen-bond donors (Lipinski definition) is 1. The summed E-state index contributed by atoms with van der Waals surface area (Å²) in [6, 6.07) is -0.00961. The second-order valence-corrected chi connectivity index (χ2v) is 4.86. The molecule has 2 rings (SSSR count). The Bertz CT molecular complexity index is 725. The molecule has 20 heavy (non-hydrogen) atoms. The minimum Gasteiger partial charge on any atom is -0.329 e. The van der Waals surface area contributed by atoms with Crippen LogP contribution in [0.15, 0.2) is 15.9 Å². The highest BCUT2D eigenvalue weighted by Gasteiger charge is 2.19. The largest absolute Gasteiger partial charge is 0.332 e. The van der Waals surface area contributed by atoms with E-state index in [2.05, 4.69) is 4.98 Å². The van der Waals surface area contributed by atoms with E-state index in [1.54, 1.807) is 22.4 Å². The van der Waals surface area contributed by atoms with Crippen LogP contribution in [0.2, 0.25) is 0 Å². The highest BCUT2D eigenvalue weighted by molar-refractivity contribution is 5.70. The monoisotopic (exact) mass is 279 g/mol. The average molecular weight is 279 g/mol. The summed E-state index contributed by atoms with van der Waals surface area (Å²) in [5, 5.41) is 0. The molecule has 2 aromatic heterocycles. The topological polar surface area (TPSA) is 87.8 Å². The smallest absolute Gasteiger partial charge is 0.329 e. The van der Waals surface area contributed by atoms with Gasteiger partial charge in [-0.25, -0.2) is 9.78 Å². The lowest BCUT2D eigenvalue weighted by Gasteiger charge is -2.16. The first kappa shape index (κ1) is 14.5. The van der Waals surface area contributed by atoms with Gasteiger partial charge in [-0.05, 0) is 20.3 Å². The molecule has 0 aliphatic rings. The van der Waals surface area contributed by atoms with Gasteiger partial charge in [0.05, 0.1) is 6.33 Å². The number of aromatic nitrogens is 4. The number of fused-ring (bicyclic) bond motifs is 1. The molecule has 7 heteroatoms. The Labute approximate surface area is 116 Å². The van der Waals surface area contributed by atoms with E-state index in [4.69, 9.17) is 5.73 Å². The fraction of sp³-hybridized carbons (Fsp3) is 0.615. The molecule has 0 radical (unpaired) electrons. The molecule has 0 aliphatic heterocycles. The van der Waals surface area contributed by atoms with Crippen molar-refractivity contribution < 1.29 is 0 Å². The van der Waals surface area contributed by atoms with Crippen molar-refractivity contribution in [3.05, 3.63) is 27.2 Å². The maximum atomic E-state index is 12.5. The summed E-state index contributed by atoms with van der Waals surface area (Å²) in [4.78, 5) is 29.2. The summed E-state index contributed by atoms with van der Waals surface area (Å²) in [5.41, 5.74) is 5.88. The lowest BCUT2D eigenvalue weighted by molar-refractivity contribution is 0.488. The zero-order valence-electron chi connectivity index (χ0n) is 12.2. The van der Waals surface area contributed by atoms with Crippen LogP contribution in [0, 0.1) is 0 Å². The molecule has 7 nitrogen and oxygen atoms in total. The number of rotatable bonds is 5. The molecule has 2 aromatic rings. The summed E-state index contributed by atoms with van der Waals surface area (Å²) in [6.07, 6.45) is 2.37. The summed E-state index contributed by atoms with van der Waals surface area (Å²) < 4.78 is 4.58. The zero-order chi connectivity index (χ0) is 14.9. The van der Waals surface area contributed by atoms with Crippen molar-refractivity contribution in [3.63, 3.8) is 0 Å². The van der Waals surface area contributed by atoms with Gasteiger partial charge in [0.2, 0.25) is 0 Å². The molecule has 1 unspecified atom stereocenters. The second kappa shape index (κ2) is 5.62. The Hall–Kier alpha value is -1.89. The number of nitrogens with two attached hydrogens (primary N) is 1. The highest BCUT2D eigenvalue weighted by atomic mass is 16.2. The maximum absolute atomic E-state index is 12.5. The summed E-state index contributed by atoms with van der Waals surface area (Å²) in [5.74, 6) is 0. The SMILES string of the molecule is CCC(C)n1c(=O)n(CC)c(=O)c2c1ncn2CCN. The molecule has 2 N–H and O–H groups in total. The fourth-order valence-corrected chi connectivity index (χ4v) is 2.37. The predicted octanol–water partition coefficient (Wildman–Crippen LogP) is 0.309. The molecule has 0 bridgehead atoms. The van der Waals surface area contributed by atoms with Crippen LogP contribution in [-0.2, 0) is 13.1 Å². The molecular weight excluding hydrogens is 258 g/mol. The highest BCUT2D eigenvalue weighted by Crippen LogP contribution is 2.14. The van der Waals surface area contributed by atoms with Crippen LogP contribution < -0.4 is 17.0 Å². The number of nitrogens with zero attached hydrogens (tertiary/aromatic N) is 4. The minimum atomic E-state index is -0.294. The maximum Gasteiger partial charge on any atom is 0.332 e. The van der Waals surface area contributed by atoms with E-state index < -0.39 is 0 Å². The summed E-state index contributed by atoms with van der Waals surface area (Å²) >= 11 is 0. The predicted molar refractivity (Wildman–Crippen MR) is 78.0 cm³/mol. The first-order valence-corrected chi connectivity index (χ1v) is 6.97. The van der Waals surface area contributed by atoms with Crippen LogP contribution in [0.1, 0.15) is 33.2 Å². The number of hydrogen-bond acceptors (Lipinski definition) is 4. The van der Waals surface area contributed by atoms with Gasteiger partial charge in [-0.15, -0.1) is 0 Å². The minimum absolute atomic E-state index is 0.00961. The van der Waals surface area contributed by atoms with Crippen molar-refractivity contribution in [2.24, 2.45) is 5.73 Å². The zero-order valence-corrected chi connectivity index (χ0v) is 12.2. The third-order valence-electron chi connectivity index (χ3n) is 3.65. The van der Waals surface area contributed by atoms with E-state index in [-0.39, 0.29) is 17.3 Å². The van der Waals surface area contributed by atoms with Gasteiger partial charge in [0.1, 0.15) is 0 Å². The summed E-state index contributed by atoms with van der Waals surface area (Å²) in [7, 11) is 0. The van der Waals surface area contributed by atoms with E-state index in [9.17, 15) is 9.59 Å². The van der Waals surface area contributed by atoms with Gasteiger partial charge in [0, 0.05) is 25.7 Å². The van der Waals surface area contributed by atoms with Crippen molar-refractivity contribution in [2.45, 2.75) is 46.3 Å². The van der Waals surface area contributed by atoms with Gasteiger partial charge in [0.25, 0.3) is 5.56 Å². The normalized spacial score (nSPS) is 13.0. The Morgan fingerprint density at radius 1 is 1.35 bits per heavy atom. The molecule has 2 heterocycles. The molecule has 0 amide bonds. The Kier molecular flexibility index (Phi) is 4.08. The van der Waals surface area contributed by atoms with Crippen molar-refractivity contribution in [1.82, 2.24) is 18.7 Å². The van der Waals surface area contributed by atoms with Crippen LogP contribution in [0.4, 0.5) is 0 Å². The first-order chi connectivity index (χ1) is 9.56. The first-order valence-electron chi connectivity index (χ1n) is 6.97. The fourth-order valence-electron chi connectivity index (χ4n) is 2.37. The molecule has 0 fully saturated rings. The van der Waals surface area contributed by atoms with E-state index in [1.807, 2.05) is 13.8 Å². The van der Waals surface area contributed by atoms with Crippen LogP contribution in [0.25, 0.3) is 11.2 Å². The Morgan fingerprint density at radius 3 is 2.60 bits per heavy atom. The van der Waals surface area contributed by atoms with Crippen LogP contribution >= 0.6 is 0 Å². The molecule has 1 atom stereocenters. The molecule has 0 aromatic carbocycles. The number of imidazole rings is 1. The van der Waals surface area contributed by atoms with Crippen molar-refractivity contribution in [2.75, 3.05) is 6.54 Å². The van der Waals surface area contributed by atoms with E-state index in [0.717, 1.165) is 6.42 Å². The second-order valence-electron chi connectivity index (χ2n) is 4.86. The lowest BCUT2D eigenvalue weighted by atomic mass is 10.2. The molecule has 0 saturated carbocycles. The van der Waals surface area contributed by atoms with E-state index in [1.165, 1.54) is 4.57 Å². The Morgan fingerprint density at radius 2 is 2.05 bits per heavy atom. The van der Waals surface area contributed by atoms with Gasteiger partial charge in [-0.1, -0.05) is 6.92 Å². The average Bonchev–Trinajstić information content (AvgIpc) is 2.83. The van der Waals surface area contributed by atoms with Gasteiger partial charge in [0.15, 0.2) is 11.2 Å². The third kappa shape index (κ3) is 2.07. The third-order valence-corrected chi connectivity index (χ3v) is 3.65. The summed E-state index contributed by atoms with van der Waals surface area (Å²) in [6.45, 7) is 7.01. The molecular formula is C13H21N5O2. The Balaban J connectivity index is 2.92. The van der Waals surface area contributed by atoms with Crippen molar-refractivity contribution in [3.8, 4) is 0 Å². The van der Waals surface area contributed by atoms with Crippen LogP contribution in [0.5, 0.6) is 0 Å². The van der Waals surface area contributed by atoms with E-state index >= 15 is 0 Å². The molecule has 0 spiro atoms. The van der Waals surface area contributed by atoms with Gasteiger partial charge >= 0.3 is 5.69 Å². The van der Waals surface area contributed by atoms with Gasteiger partial charge in [-0.3, -0.25) is 13.9 Å². The van der Waals surface area contributed by atoms with Gasteiger partial charge in [-0.2, -0.15) is 0 Å². The van der Waals surface area contributed by atoms with E-state index in [0.29, 0.717) is 30.8 Å². The van der Waals surface area contributed by atoms with Crippen molar-refractivity contribution in [1.29, 1.82) is 0 Å². The van der Waals surface area contributed by atoms with Crippen LogP contribution in [-0.4, -0.2) is 25.2 Å². The van der Waals surface area contributed by atoms with Crippen LogP contribution in [0.3, 0.4) is 0 Å². The van der Waals surface area contributed by atoms with Crippen molar-refractivity contribution >= 4 is 11.2 Å². The molecule has 0 saturated heterocycles. The molecule has 0 aliphatic carbocycles. The lowest BCUT2D eigenvalue weighted by Crippen LogP contribution is -2.41. The quantitative estimate of drug-likeness (QED) is 0.853.